The lowest BCUT2D eigenvalue weighted by atomic mass is 9.85. The van der Waals surface area contributed by atoms with E-state index in [0.29, 0.717) is 16.3 Å². The number of likely N-dealkylation sites (tertiary alicyclic amines) is 1. The van der Waals surface area contributed by atoms with Crippen molar-refractivity contribution in [2.75, 3.05) is 37.6 Å². The number of hydrogen-bond donors (Lipinski definition) is 0. The molecule has 0 radical (unpaired) electrons. The summed E-state index contributed by atoms with van der Waals surface area (Å²) in [5, 5.41) is 0.926. The Balaban J connectivity index is 1.25. The summed E-state index contributed by atoms with van der Waals surface area (Å²) in [4.78, 5) is 33.5. The van der Waals surface area contributed by atoms with Gasteiger partial charge in [-0.05, 0) is 88.4 Å². The summed E-state index contributed by atoms with van der Waals surface area (Å²) in [7, 11) is 0. The van der Waals surface area contributed by atoms with Gasteiger partial charge in [-0.15, -0.1) is 0 Å². The van der Waals surface area contributed by atoms with Crippen molar-refractivity contribution in [1.29, 1.82) is 0 Å². The van der Waals surface area contributed by atoms with Gasteiger partial charge < -0.3 is 14.6 Å². The number of rotatable bonds is 4. The van der Waals surface area contributed by atoms with E-state index < -0.39 is 0 Å². The molecule has 2 saturated heterocycles. The maximum absolute atomic E-state index is 12.9. The Morgan fingerprint density at radius 1 is 1.06 bits per heavy atom. The molecule has 1 aromatic heterocycles. The molecule has 0 bridgehead atoms. The van der Waals surface area contributed by atoms with E-state index in [1.807, 2.05) is 12.1 Å². The fraction of sp³-hybridized carbons (Fsp3) is 0.483. The molecule has 6 rings (SSSR count). The van der Waals surface area contributed by atoms with E-state index in [-0.39, 0.29) is 16.9 Å². The smallest absolute Gasteiger partial charge is 0.282 e. The number of aromatic nitrogens is 2. The zero-order valence-electron chi connectivity index (χ0n) is 21.0. The van der Waals surface area contributed by atoms with Crippen molar-refractivity contribution in [2.45, 2.75) is 44.9 Å². The topological polar surface area (TPSA) is 58.4 Å². The Hall–Kier alpha value is -2.70. The maximum atomic E-state index is 12.9. The van der Waals surface area contributed by atoms with Crippen molar-refractivity contribution in [3.05, 3.63) is 63.2 Å². The predicted molar refractivity (Wildman–Crippen MR) is 145 cm³/mol. The van der Waals surface area contributed by atoms with Gasteiger partial charge in [0.15, 0.2) is 0 Å². The van der Waals surface area contributed by atoms with E-state index in [0.717, 1.165) is 68.9 Å². The van der Waals surface area contributed by atoms with Crippen LogP contribution in [-0.4, -0.2) is 53.5 Å². The Morgan fingerprint density at radius 2 is 1.81 bits per heavy atom. The van der Waals surface area contributed by atoms with Crippen molar-refractivity contribution in [3.8, 4) is 5.69 Å². The van der Waals surface area contributed by atoms with Gasteiger partial charge in [-0.2, -0.15) is 4.98 Å². The second-order valence-corrected chi connectivity index (χ2v) is 11.6. The molecule has 2 fully saturated rings. The monoisotopic (exact) mass is 504 g/mol. The quantitative estimate of drug-likeness (QED) is 0.477. The average molecular weight is 505 g/mol. The molecule has 4 heterocycles. The summed E-state index contributed by atoms with van der Waals surface area (Å²) in [6, 6.07) is 12.3. The number of aldehydes is 1. The van der Waals surface area contributed by atoms with E-state index >= 15 is 0 Å². The molecule has 3 aliphatic heterocycles. The van der Waals surface area contributed by atoms with E-state index in [1.165, 1.54) is 24.1 Å². The van der Waals surface area contributed by atoms with Gasteiger partial charge in [-0.25, -0.2) is 0 Å². The average Bonchev–Trinajstić information content (AvgIpc) is 3.11. The van der Waals surface area contributed by atoms with Crippen LogP contribution in [0.25, 0.3) is 16.6 Å². The van der Waals surface area contributed by atoms with Crippen molar-refractivity contribution >= 4 is 34.5 Å². The van der Waals surface area contributed by atoms with Crippen LogP contribution in [0.5, 0.6) is 0 Å². The van der Waals surface area contributed by atoms with Gasteiger partial charge in [0.25, 0.3) is 5.56 Å². The van der Waals surface area contributed by atoms with Crippen LogP contribution in [0.15, 0.2) is 41.2 Å². The van der Waals surface area contributed by atoms with Gasteiger partial charge >= 0.3 is 0 Å². The highest BCUT2D eigenvalue weighted by Crippen LogP contribution is 2.44. The third-order valence-corrected chi connectivity index (χ3v) is 8.96. The SMILES string of the molecule is CC1(C)c2ccc(N3CCC(CN4CCC(C=O)CC4)CC3)cc2-n2c1nc(=O)c1c(Cl)cccc12. The lowest BCUT2D eigenvalue weighted by Crippen LogP contribution is -2.41. The lowest BCUT2D eigenvalue weighted by Gasteiger charge is -2.38. The standard InChI is InChI=1S/C29H33ClN4O2/c1-29(2)22-7-6-21(33-14-10-19(11-15-33)17-32-12-8-20(18-35)9-13-32)16-25(22)34-24-5-3-4-23(30)26(24)27(36)31-28(29)34/h3-7,16,18-20H,8-15,17H2,1-2H3. The number of benzene rings is 2. The zero-order chi connectivity index (χ0) is 25.0. The van der Waals surface area contributed by atoms with Crippen LogP contribution in [0, 0.1) is 11.8 Å². The van der Waals surface area contributed by atoms with Crippen LogP contribution in [0.2, 0.25) is 5.02 Å². The molecule has 0 spiro atoms. The van der Waals surface area contributed by atoms with Crippen molar-refractivity contribution in [3.63, 3.8) is 0 Å². The summed E-state index contributed by atoms with van der Waals surface area (Å²) in [5.74, 6) is 1.74. The Labute approximate surface area is 216 Å². The summed E-state index contributed by atoms with van der Waals surface area (Å²) >= 11 is 6.43. The minimum absolute atomic E-state index is 0.263. The molecular weight excluding hydrogens is 472 g/mol. The van der Waals surface area contributed by atoms with Crippen LogP contribution < -0.4 is 10.5 Å². The number of nitrogens with zero attached hydrogens (tertiary/aromatic N) is 4. The van der Waals surface area contributed by atoms with E-state index in [4.69, 9.17) is 11.6 Å². The summed E-state index contributed by atoms with van der Waals surface area (Å²) in [6.07, 6.45) is 5.52. The first kappa shape index (κ1) is 23.7. The molecule has 3 aromatic rings. The fourth-order valence-corrected chi connectivity index (χ4v) is 6.70. The van der Waals surface area contributed by atoms with Gasteiger partial charge in [0, 0.05) is 31.2 Å². The largest absolute Gasteiger partial charge is 0.371 e. The van der Waals surface area contributed by atoms with Gasteiger partial charge in [-0.3, -0.25) is 9.36 Å². The highest BCUT2D eigenvalue weighted by molar-refractivity contribution is 6.35. The van der Waals surface area contributed by atoms with Crippen molar-refractivity contribution in [2.24, 2.45) is 11.8 Å². The van der Waals surface area contributed by atoms with Crippen LogP contribution in [-0.2, 0) is 10.2 Å². The van der Waals surface area contributed by atoms with Crippen LogP contribution >= 0.6 is 11.6 Å². The van der Waals surface area contributed by atoms with E-state index in [2.05, 4.69) is 51.4 Å². The number of carbonyl (C=O) groups is 1. The molecule has 0 saturated carbocycles. The van der Waals surface area contributed by atoms with Crippen LogP contribution in [0.4, 0.5) is 5.69 Å². The molecule has 3 aliphatic rings. The van der Waals surface area contributed by atoms with Gasteiger partial charge in [0.05, 0.1) is 27.0 Å². The number of hydrogen-bond acceptors (Lipinski definition) is 5. The Bertz CT molecular complexity index is 1380. The number of fused-ring (bicyclic) bond motifs is 5. The molecule has 36 heavy (non-hydrogen) atoms. The highest BCUT2D eigenvalue weighted by atomic mass is 35.5. The highest BCUT2D eigenvalue weighted by Gasteiger charge is 2.39. The van der Waals surface area contributed by atoms with E-state index in [9.17, 15) is 9.59 Å². The first-order valence-electron chi connectivity index (χ1n) is 13.2. The molecular formula is C29H33ClN4O2. The number of anilines is 1. The van der Waals surface area contributed by atoms with Gasteiger partial charge in [-0.1, -0.05) is 23.7 Å². The van der Waals surface area contributed by atoms with Crippen molar-refractivity contribution < 1.29 is 4.79 Å². The summed E-state index contributed by atoms with van der Waals surface area (Å²) in [6.45, 7) is 9.61. The third kappa shape index (κ3) is 3.86. The summed E-state index contributed by atoms with van der Waals surface area (Å²) in [5.41, 5.74) is 3.68. The molecule has 2 aromatic carbocycles. The predicted octanol–water partition coefficient (Wildman–Crippen LogP) is 4.81. The molecule has 0 amide bonds. The summed E-state index contributed by atoms with van der Waals surface area (Å²) < 4.78 is 2.14. The third-order valence-electron chi connectivity index (χ3n) is 8.64. The zero-order valence-corrected chi connectivity index (χ0v) is 21.8. The second-order valence-electron chi connectivity index (χ2n) is 11.2. The van der Waals surface area contributed by atoms with Crippen molar-refractivity contribution in [1.82, 2.24) is 14.5 Å². The maximum Gasteiger partial charge on any atom is 0.282 e. The first-order chi connectivity index (χ1) is 17.4. The lowest BCUT2D eigenvalue weighted by molar-refractivity contribution is -0.112. The molecule has 0 N–H and O–H groups in total. The van der Waals surface area contributed by atoms with Gasteiger partial charge in [0.2, 0.25) is 0 Å². The van der Waals surface area contributed by atoms with E-state index in [1.54, 1.807) is 6.07 Å². The number of halogens is 1. The minimum Gasteiger partial charge on any atom is -0.371 e. The number of carbonyl (C=O) groups excluding carboxylic acids is 1. The molecule has 7 heteroatoms. The number of piperidine rings is 2. The fourth-order valence-electron chi connectivity index (χ4n) is 6.45. The molecule has 0 atom stereocenters. The molecule has 0 unspecified atom stereocenters. The normalized spacial score (nSPS) is 20.5. The molecule has 6 nitrogen and oxygen atoms in total. The first-order valence-corrected chi connectivity index (χ1v) is 13.5. The molecule has 0 aliphatic carbocycles. The Kier molecular flexibility index (Phi) is 5.92. The van der Waals surface area contributed by atoms with Crippen LogP contribution in [0.1, 0.15) is 50.9 Å². The minimum atomic E-state index is -0.367. The second kappa shape index (κ2) is 9.00. The Morgan fingerprint density at radius 3 is 2.53 bits per heavy atom. The van der Waals surface area contributed by atoms with Gasteiger partial charge in [0.1, 0.15) is 12.1 Å². The van der Waals surface area contributed by atoms with Crippen LogP contribution in [0.3, 0.4) is 0 Å². The molecule has 188 valence electrons.